The van der Waals surface area contributed by atoms with Crippen LogP contribution in [0.5, 0.6) is 5.75 Å². The van der Waals surface area contributed by atoms with Crippen molar-refractivity contribution < 1.29 is 28.5 Å². The van der Waals surface area contributed by atoms with E-state index in [1.54, 1.807) is 0 Å². The Morgan fingerprint density at radius 1 is 1.32 bits per heavy atom. The number of nitro groups is 1. The lowest BCUT2D eigenvalue weighted by molar-refractivity contribution is -0.384. The highest BCUT2D eigenvalue weighted by Gasteiger charge is 2.13. The Morgan fingerprint density at radius 2 is 2.00 bits per heavy atom. The molecule has 0 unspecified atom stereocenters. The van der Waals surface area contributed by atoms with Gasteiger partial charge in [0, 0.05) is 18.2 Å². The maximum atomic E-state index is 11.4. The molecule has 2 N–H and O–H groups in total. The van der Waals surface area contributed by atoms with Crippen LogP contribution in [0.3, 0.4) is 0 Å². The van der Waals surface area contributed by atoms with Gasteiger partial charge in [0.1, 0.15) is 5.75 Å². The first-order chi connectivity index (χ1) is 10.5. The fourth-order valence-corrected chi connectivity index (χ4v) is 1.39. The predicted octanol–water partition coefficient (Wildman–Crippen LogP) is 1.40. The number of aromatic nitrogens is 1. The highest BCUT2D eigenvalue weighted by atomic mass is 16.7. The van der Waals surface area contributed by atoms with Crippen molar-refractivity contribution in [3.8, 4) is 5.75 Å². The molecule has 0 radical (unpaired) electrons. The summed E-state index contributed by atoms with van der Waals surface area (Å²) in [6, 6.07) is 6.08. The van der Waals surface area contributed by atoms with Gasteiger partial charge >= 0.3 is 6.16 Å². The Morgan fingerprint density at radius 3 is 2.55 bits per heavy atom. The smallest absolute Gasteiger partial charge is 0.426 e. The Labute approximate surface area is 122 Å². The van der Waals surface area contributed by atoms with Gasteiger partial charge < -0.3 is 19.7 Å². The van der Waals surface area contributed by atoms with E-state index >= 15 is 0 Å². The maximum Gasteiger partial charge on any atom is 0.514 e. The molecule has 2 aromatic rings. The summed E-state index contributed by atoms with van der Waals surface area (Å²) in [5.41, 5.74) is 4.74. The molecular formula is C12H9N3O7. The van der Waals surface area contributed by atoms with Crippen molar-refractivity contribution >= 4 is 17.7 Å². The molecule has 0 fully saturated rings. The van der Waals surface area contributed by atoms with Crippen LogP contribution in [0.1, 0.15) is 16.2 Å². The second-order valence-electron chi connectivity index (χ2n) is 3.93. The van der Waals surface area contributed by atoms with Crippen LogP contribution >= 0.6 is 0 Å². The van der Waals surface area contributed by atoms with Crippen LogP contribution in [-0.4, -0.2) is 22.1 Å². The Hall–Kier alpha value is -3.43. The van der Waals surface area contributed by atoms with E-state index < -0.39 is 17.0 Å². The summed E-state index contributed by atoms with van der Waals surface area (Å²) in [5.74, 6) is -0.594. The lowest BCUT2D eigenvalue weighted by Crippen LogP contribution is -2.11. The van der Waals surface area contributed by atoms with Gasteiger partial charge in [0.25, 0.3) is 11.6 Å². The van der Waals surface area contributed by atoms with Crippen LogP contribution in [0.4, 0.5) is 10.5 Å². The molecule has 0 bridgehead atoms. The summed E-state index contributed by atoms with van der Waals surface area (Å²) in [4.78, 5) is 32.1. The highest BCUT2D eigenvalue weighted by molar-refractivity contribution is 5.90. The third kappa shape index (κ3) is 3.79. The quantitative estimate of drug-likeness (QED) is 0.377. The fraction of sp³-hybridized carbons (Fsp3) is 0.0833. The number of non-ortho nitro benzene ring substituents is 1. The van der Waals surface area contributed by atoms with Crippen molar-refractivity contribution in [2.24, 2.45) is 5.73 Å². The molecule has 1 aromatic carbocycles. The molecule has 0 spiro atoms. The average molecular weight is 307 g/mol. The number of ether oxygens (including phenoxy) is 2. The van der Waals surface area contributed by atoms with Gasteiger partial charge in [-0.25, -0.2) is 4.79 Å². The van der Waals surface area contributed by atoms with Gasteiger partial charge in [0.2, 0.25) is 0 Å². The summed E-state index contributed by atoms with van der Waals surface area (Å²) in [6.07, 6.45) is -1.05. The summed E-state index contributed by atoms with van der Waals surface area (Å²) in [5, 5.41) is 13.8. The van der Waals surface area contributed by atoms with E-state index in [1.165, 1.54) is 30.3 Å². The zero-order valence-corrected chi connectivity index (χ0v) is 10.9. The molecule has 0 aliphatic rings. The van der Waals surface area contributed by atoms with Crippen molar-refractivity contribution in [3.63, 3.8) is 0 Å². The molecule has 0 saturated heterocycles. The topological polar surface area (TPSA) is 148 Å². The minimum Gasteiger partial charge on any atom is -0.426 e. The first kappa shape index (κ1) is 15.0. The SMILES string of the molecule is NC(=O)c1cc(COC(=O)Oc2ccc([N+](=O)[O-])cc2)on1. The minimum atomic E-state index is -1.05. The lowest BCUT2D eigenvalue weighted by Gasteiger charge is -2.03. The zero-order valence-electron chi connectivity index (χ0n) is 10.9. The molecule has 0 aliphatic heterocycles. The molecule has 1 aromatic heterocycles. The number of nitro benzene ring substituents is 1. The van der Waals surface area contributed by atoms with E-state index in [2.05, 4.69) is 5.16 Å². The first-order valence-corrected chi connectivity index (χ1v) is 5.80. The Bertz CT molecular complexity index is 708. The minimum absolute atomic E-state index is 0.0750. The number of primary amides is 1. The number of carbonyl (C=O) groups is 2. The van der Waals surface area contributed by atoms with Gasteiger partial charge in [-0.15, -0.1) is 0 Å². The first-order valence-electron chi connectivity index (χ1n) is 5.80. The Balaban J connectivity index is 1.87. The maximum absolute atomic E-state index is 11.4. The molecule has 114 valence electrons. The van der Waals surface area contributed by atoms with Crippen LogP contribution in [0.25, 0.3) is 0 Å². The van der Waals surface area contributed by atoms with Gasteiger partial charge in [-0.2, -0.15) is 0 Å². The number of hydrogen-bond acceptors (Lipinski definition) is 8. The predicted molar refractivity (Wildman–Crippen MR) is 68.9 cm³/mol. The fourth-order valence-electron chi connectivity index (χ4n) is 1.39. The van der Waals surface area contributed by atoms with Gasteiger partial charge in [-0.1, -0.05) is 5.16 Å². The third-order valence-corrected chi connectivity index (χ3v) is 2.39. The van der Waals surface area contributed by atoms with Crippen molar-refractivity contribution in [2.45, 2.75) is 6.61 Å². The van der Waals surface area contributed by atoms with E-state index in [4.69, 9.17) is 19.7 Å². The molecular weight excluding hydrogens is 298 g/mol. The zero-order chi connectivity index (χ0) is 16.1. The summed E-state index contributed by atoms with van der Waals surface area (Å²) in [7, 11) is 0. The number of carbonyl (C=O) groups excluding carboxylic acids is 2. The number of hydrogen-bond donors (Lipinski definition) is 1. The van der Waals surface area contributed by atoms with Crippen molar-refractivity contribution in [1.82, 2.24) is 5.16 Å². The largest absolute Gasteiger partial charge is 0.514 e. The standard InChI is InChI=1S/C12H9N3O7/c13-11(16)10-5-9(22-14-10)6-20-12(17)21-8-3-1-7(2-4-8)15(18)19/h1-5H,6H2,(H2,13,16). The van der Waals surface area contributed by atoms with Crippen LogP contribution in [0, 0.1) is 10.1 Å². The number of rotatable bonds is 5. The van der Waals surface area contributed by atoms with E-state index in [0.29, 0.717) is 0 Å². The molecule has 22 heavy (non-hydrogen) atoms. The molecule has 0 saturated carbocycles. The van der Waals surface area contributed by atoms with Gasteiger partial charge in [-0.3, -0.25) is 14.9 Å². The lowest BCUT2D eigenvalue weighted by atomic mass is 10.3. The molecule has 1 amide bonds. The third-order valence-electron chi connectivity index (χ3n) is 2.39. The van der Waals surface area contributed by atoms with Crippen LogP contribution in [-0.2, 0) is 11.3 Å². The number of nitrogens with two attached hydrogens (primary N) is 1. The van der Waals surface area contributed by atoms with Gasteiger partial charge in [0.05, 0.1) is 4.92 Å². The number of nitrogens with zero attached hydrogens (tertiary/aromatic N) is 2. The van der Waals surface area contributed by atoms with E-state index in [9.17, 15) is 19.7 Å². The van der Waals surface area contributed by atoms with Crippen molar-refractivity contribution in [3.05, 3.63) is 51.9 Å². The molecule has 2 rings (SSSR count). The normalized spacial score (nSPS) is 10.0. The second kappa shape index (κ2) is 6.35. The van der Waals surface area contributed by atoms with Crippen LogP contribution < -0.4 is 10.5 Å². The number of amides is 1. The van der Waals surface area contributed by atoms with Crippen molar-refractivity contribution in [2.75, 3.05) is 0 Å². The van der Waals surface area contributed by atoms with Crippen LogP contribution in [0.15, 0.2) is 34.9 Å². The molecule has 0 aliphatic carbocycles. The van der Waals surface area contributed by atoms with E-state index in [0.717, 1.165) is 0 Å². The molecule has 10 nitrogen and oxygen atoms in total. The van der Waals surface area contributed by atoms with Crippen LogP contribution in [0.2, 0.25) is 0 Å². The summed E-state index contributed by atoms with van der Waals surface area (Å²) < 4.78 is 14.2. The summed E-state index contributed by atoms with van der Waals surface area (Å²) in [6.45, 7) is -0.313. The van der Waals surface area contributed by atoms with E-state index in [-0.39, 0.29) is 29.5 Å². The molecule has 1 heterocycles. The second-order valence-corrected chi connectivity index (χ2v) is 3.93. The van der Waals surface area contributed by atoms with Gasteiger partial charge in [0.15, 0.2) is 18.1 Å². The van der Waals surface area contributed by atoms with Gasteiger partial charge in [-0.05, 0) is 12.1 Å². The molecule has 0 atom stereocenters. The van der Waals surface area contributed by atoms with E-state index in [1.807, 2.05) is 0 Å². The Kier molecular flexibility index (Phi) is 4.32. The summed E-state index contributed by atoms with van der Waals surface area (Å²) >= 11 is 0. The van der Waals surface area contributed by atoms with Crippen molar-refractivity contribution in [1.29, 1.82) is 0 Å². The highest BCUT2D eigenvalue weighted by Crippen LogP contribution is 2.17. The molecule has 10 heteroatoms. The average Bonchev–Trinajstić information content (AvgIpc) is 2.95. The number of benzene rings is 1. The monoisotopic (exact) mass is 307 g/mol.